The number of hydrogen-bond acceptors (Lipinski definition) is 4. The highest BCUT2D eigenvalue weighted by molar-refractivity contribution is 5.79. The summed E-state index contributed by atoms with van der Waals surface area (Å²) >= 11 is 0. The minimum Gasteiger partial charge on any atom is -0.494 e. The molecule has 1 aromatic heterocycles. The summed E-state index contributed by atoms with van der Waals surface area (Å²) in [5.41, 5.74) is 3.49. The monoisotopic (exact) mass is 449 g/mol. The number of benzene rings is 1. The van der Waals surface area contributed by atoms with Crippen molar-refractivity contribution in [2.45, 2.75) is 64.8 Å². The molecule has 2 aliphatic heterocycles. The van der Waals surface area contributed by atoms with Gasteiger partial charge in [0.15, 0.2) is 0 Å². The second-order valence-electron chi connectivity index (χ2n) is 9.84. The first-order valence-corrected chi connectivity index (χ1v) is 12.7. The lowest BCUT2D eigenvalue weighted by molar-refractivity contribution is -0.138. The van der Waals surface area contributed by atoms with Crippen molar-refractivity contribution in [2.75, 3.05) is 32.8 Å². The Labute approximate surface area is 199 Å². The van der Waals surface area contributed by atoms with E-state index in [-0.39, 0.29) is 5.92 Å². The topological polar surface area (TPSA) is 45.7 Å². The van der Waals surface area contributed by atoms with Crippen LogP contribution in [0.25, 0.3) is 0 Å². The zero-order chi connectivity index (χ0) is 23.2. The Hall–Kier alpha value is -2.40. The van der Waals surface area contributed by atoms with Crippen LogP contribution in [0.3, 0.4) is 0 Å². The molecule has 5 heteroatoms. The van der Waals surface area contributed by atoms with Crippen molar-refractivity contribution >= 4 is 5.91 Å². The van der Waals surface area contributed by atoms with Crippen molar-refractivity contribution in [1.82, 2.24) is 14.8 Å². The van der Waals surface area contributed by atoms with Crippen LogP contribution in [0.2, 0.25) is 0 Å². The number of nitrogens with zero attached hydrogens (tertiary/aromatic N) is 3. The quantitative estimate of drug-likeness (QED) is 0.603. The molecule has 33 heavy (non-hydrogen) atoms. The summed E-state index contributed by atoms with van der Waals surface area (Å²) < 4.78 is 5.77. The maximum atomic E-state index is 13.2. The fourth-order valence-corrected chi connectivity index (χ4v) is 5.29. The van der Waals surface area contributed by atoms with Crippen LogP contribution < -0.4 is 4.74 Å². The predicted octanol–water partition coefficient (Wildman–Crippen LogP) is 4.90. The first-order chi connectivity index (χ1) is 16.0. The molecule has 0 aliphatic carbocycles. The molecule has 0 N–H and O–H groups in total. The molecule has 0 saturated carbocycles. The minimum absolute atomic E-state index is 0.194. The average Bonchev–Trinajstić information content (AvgIpc) is 2.85. The SMILES string of the molecule is CCOc1ccccc1Cc1ccc(C2CCCN(C(=O)C3CCN(C(C)C)CC3)C2)nc1. The first-order valence-electron chi connectivity index (χ1n) is 12.7. The lowest BCUT2D eigenvalue weighted by Gasteiger charge is -2.38. The van der Waals surface area contributed by atoms with Crippen molar-refractivity contribution in [3.05, 3.63) is 59.4 Å². The Balaban J connectivity index is 1.35. The van der Waals surface area contributed by atoms with Gasteiger partial charge in [0.05, 0.1) is 6.61 Å². The van der Waals surface area contributed by atoms with E-state index < -0.39 is 0 Å². The fourth-order valence-electron chi connectivity index (χ4n) is 5.29. The van der Waals surface area contributed by atoms with E-state index in [4.69, 9.17) is 9.72 Å². The van der Waals surface area contributed by atoms with E-state index in [0.717, 1.165) is 69.7 Å². The lowest BCUT2D eigenvalue weighted by atomic mass is 9.90. The minimum atomic E-state index is 0.194. The van der Waals surface area contributed by atoms with Crippen LogP contribution in [-0.4, -0.2) is 59.5 Å². The Morgan fingerprint density at radius 3 is 2.58 bits per heavy atom. The Kier molecular flexibility index (Phi) is 8.02. The highest BCUT2D eigenvalue weighted by atomic mass is 16.5. The van der Waals surface area contributed by atoms with Gasteiger partial charge in [-0.2, -0.15) is 0 Å². The van der Waals surface area contributed by atoms with Gasteiger partial charge in [-0.15, -0.1) is 0 Å². The Bertz CT molecular complexity index is 904. The average molecular weight is 450 g/mol. The lowest BCUT2D eigenvalue weighted by Crippen LogP contribution is -2.47. The number of likely N-dealkylation sites (tertiary alicyclic amines) is 2. The van der Waals surface area contributed by atoms with Gasteiger partial charge in [0.25, 0.3) is 0 Å². The molecule has 1 atom stereocenters. The van der Waals surface area contributed by atoms with Gasteiger partial charge in [0.2, 0.25) is 5.91 Å². The van der Waals surface area contributed by atoms with E-state index in [1.54, 1.807) is 0 Å². The zero-order valence-electron chi connectivity index (χ0n) is 20.5. The van der Waals surface area contributed by atoms with Crippen molar-refractivity contribution in [3.8, 4) is 5.75 Å². The van der Waals surface area contributed by atoms with Gasteiger partial charge in [0, 0.05) is 49.3 Å². The van der Waals surface area contributed by atoms with Crippen molar-refractivity contribution in [2.24, 2.45) is 5.92 Å². The molecule has 2 saturated heterocycles. The Morgan fingerprint density at radius 1 is 1.09 bits per heavy atom. The van der Waals surface area contributed by atoms with Crippen LogP contribution in [0.5, 0.6) is 5.75 Å². The molecule has 0 bridgehead atoms. The molecular formula is C28H39N3O2. The number of amides is 1. The third-order valence-electron chi connectivity index (χ3n) is 7.28. The summed E-state index contributed by atoms with van der Waals surface area (Å²) in [6, 6.07) is 13.1. The molecule has 2 aliphatic rings. The number of para-hydroxylation sites is 1. The molecular weight excluding hydrogens is 410 g/mol. The summed E-state index contributed by atoms with van der Waals surface area (Å²) in [5, 5.41) is 0. The highest BCUT2D eigenvalue weighted by Crippen LogP contribution is 2.29. The van der Waals surface area contributed by atoms with Gasteiger partial charge in [-0.25, -0.2) is 0 Å². The van der Waals surface area contributed by atoms with Crippen LogP contribution in [0.1, 0.15) is 69.2 Å². The molecule has 2 aromatic rings. The second-order valence-corrected chi connectivity index (χ2v) is 9.84. The summed E-state index contributed by atoms with van der Waals surface area (Å²) in [4.78, 5) is 22.7. The summed E-state index contributed by atoms with van der Waals surface area (Å²) in [6.45, 7) is 11.0. The van der Waals surface area contributed by atoms with Crippen LogP contribution in [0.15, 0.2) is 42.6 Å². The van der Waals surface area contributed by atoms with E-state index in [1.807, 2.05) is 25.3 Å². The van der Waals surface area contributed by atoms with Gasteiger partial charge >= 0.3 is 0 Å². The molecule has 1 aromatic carbocycles. The summed E-state index contributed by atoms with van der Waals surface area (Å²) in [6.07, 6.45) is 6.97. The fraction of sp³-hybridized carbons (Fsp3) is 0.571. The third kappa shape index (κ3) is 5.94. The zero-order valence-corrected chi connectivity index (χ0v) is 20.5. The van der Waals surface area contributed by atoms with Crippen LogP contribution in [0, 0.1) is 5.92 Å². The Morgan fingerprint density at radius 2 is 1.88 bits per heavy atom. The number of piperidine rings is 2. The summed E-state index contributed by atoms with van der Waals surface area (Å²) in [7, 11) is 0. The van der Waals surface area contributed by atoms with Gasteiger partial charge in [-0.1, -0.05) is 24.3 Å². The first kappa shape index (κ1) is 23.7. The number of carbonyl (C=O) groups excluding carboxylic acids is 1. The van der Waals surface area contributed by atoms with Crippen LogP contribution in [0.4, 0.5) is 0 Å². The molecule has 5 nitrogen and oxygen atoms in total. The molecule has 2 fully saturated rings. The number of rotatable bonds is 7. The third-order valence-corrected chi connectivity index (χ3v) is 7.28. The van der Waals surface area contributed by atoms with E-state index in [2.05, 4.69) is 47.9 Å². The number of pyridine rings is 1. The number of hydrogen-bond donors (Lipinski definition) is 0. The van der Waals surface area contributed by atoms with Crippen molar-refractivity contribution in [1.29, 1.82) is 0 Å². The molecule has 4 rings (SSSR count). The largest absolute Gasteiger partial charge is 0.494 e. The number of ether oxygens (including phenoxy) is 1. The van der Waals surface area contributed by atoms with Crippen molar-refractivity contribution in [3.63, 3.8) is 0 Å². The van der Waals surface area contributed by atoms with E-state index >= 15 is 0 Å². The van der Waals surface area contributed by atoms with Gasteiger partial charge in [-0.05, 0) is 82.8 Å². The van der Waals surface area contributed by atoms with E-state index in [9.17, 15) is 4.79 Å². The maximum absolute atomic E-state index is 13.2. The highest BCUT2D eigenvalue weighted by Gasteiger charge is 2.32. The smallest absolute Gasteiger partial charge is 0.225 e. The second kappa shape index (κ2) is 11.1. The van der Waals surface area contributed by atoms with Crippen LogP contribution in [-0.2, 0) is 11.2 Å². The predicted molar refractivity (Wildman–Crippen MR) is 133 cm³/mol. The van der Waals surface area contributed by atoms with Gasteiger partial charge in [0.1, 0.15) is 5.75 Å². The number of aromatic nitrogens is 1. The molecule has 1 amide bonds. The van der Waals surface area contributed by atoms with Gasteiger partial charge < -0.3 is 14.5 Å². The molecule has 0 spiro atoms. The summed E-state index contributed by atoms with van der Waals surface area (Å²) in [5.74, 6) is 1.85. The standard InChI is InChI=1S/C28H39N3O2/c1-4-33-27-10-6-5-8-24(27)18-22-11-12-26(29-19-22)25-9-7-15-31(20-25)28(32)23-13-16-30(17-14-23)21(2)3/h5-6,8,10-12,19,21,23,25H,4,7,9,13-18,20H2,1-3H3. The molecule has 1 unspecified atom stereocenters. The van der Waals surface area contributed by atoms with E-state index in [0.29, 0.717) is 24.5 Å². The van der Waals surface area contributed by atoms with Crippen molar-refractivity contribution < 1.29 is 9.53 Å². The molecule has 178 valence electrons. The molecule has 0 radical (unpaired) electrons. The van der Waals surface area contributed by atoms with Crippen LogP contribution >= 0.6 is 0 Å². The normalized spacial score (nSPS) is 20.2. The molecule has 3 heterocycles. The number of carbonyl (C=O) groups is 1. The van der Waals surface area contributed by atoms with Gasteiger partial charge in [-0.3, -0.25) is 9.78 Å². The maximum Gasteiger partial charge on any atom is 0.225 e. The van der Waals surface area contributed by atoms with E-state index in [1.165, 1.54) is 11.1 Å².